The molecule has 0 atom stereocenters. The van der Waals surface area contributed by atoms with E-state index in [0.29, 0.717) is 6.42 Å². The van der Waals surface area contributed by atoms with Gasteiger partial charge in [0.25, 0.3) is 0 Å². The average Bonchev–Trinajstić information content (AvgIpc) is 2.53. The lowest BCUT2D eigenvalue weighted by molar-refractivity contribution is -0.171. The van der Waals surface area contributed by atoms with E-state index in [-0.39, 0.29) is 6.42 Å². The summed E-state index contributed by atoms with van der Waals surface area (Å²) in [5.41, 5.74) is 0. The SMILES string of the molecule is CCCCCCCC/C=C/CCCCCCCCC(=O)C(F)(F)F. The second kappa shape index (κ2) is 15.7. The maximum Gasteiger partial charge on any atom is 0.449 e. The molecule has 0 saturated carbocycles. The quantitative estimate of drug-likeness (QED) is 0.208. The molecule has 4 heteroatoms. The minimum absolute atomic E-state index is 0.356. The summed E-state index contributed by atoms with van der Waals surface area (Å²) in [6, 6.07) is 0. The number of allylic oxidation sites excluding steroid dienone is 2. The molecular formula is C20H35F3O. The molecule has 0 N–H and O–H groups in total. The van der Waals surface area contributed by atoms with Crippen molar-refractivity contribution in [3.8, 4) is 0 Å². The molecule has 0 fully saturated rings. The van der Waals surface area contributed by atoms with Crippen molar-refractivity contribution >= 4 is 5.78 Å². The molecular weight excluding hydrogens is 313 g/mol. The topological polar surface area (TPSA) is 17.1 Å². The van der Waals surface area contributed by atoms with Gasteiger partial charge in [0.2, 0.25) is 5.78 Å². The van der Waals surface area contributed by atoms with Crippen LogP contribution >= 0.6 is 0 Å². The Balaban J connectivity index is 3.22. The molecule has 0 saturated heterocycles. The van der Waals surface area contributed by atoms with E-state index < -0.39 is 12.0 Å². The van der Waals surface area contributed by atoms with E-state index in [1.54, 1.807) is 0 Å². The van der Waals surface area contributed by atoms with E-state index in [1.165, 1.54) is 44.9 Å². The Kier molecular flexibility index (Phi) is 15.2. The fourth-order valence-electron chi connectivity index (χ4n) is 2.67. The number of carbonyl (C=O) groups excluding carboxylic acids is 1. The van der Waals surface area contributed by atoms with Crippen LogP contribution in [0.5, 0.6) is 0 Å². The van der Waals surface area contributed by atoms with E-state index in [9.17, 15) is 18.0 Å². The number of rotatable bonds is 16. The molecule has 0 aliphatic heterocycles. The third kappa shape index (κ3) is 16.1. The Morgan fingerprint density at radius 2 is 1.12 bits per heavy atom. The number of hydrogen-bond acceptors (Lipinski definition) is 1. The second-order valence-electron chi connectivity index (χ2n) is 6.61. The van der Waals surface area contributed by atoms with Gasteiger partial charge in [-0.25, -0.2) is 0 Å². The first-order valence-electron chi connectivity index (χ1n) is 9.73. The molecule has 1 nitrogen and oxygen atoms in total. The lowest BCUT2D eigenvalue weighted by atomic mass is 10.1. The van der Waals surface area contributed by atoms with Crippen LogP contribution in [0.25, 0.3) is 0 Å². The number of Topliss-reactive ketones (excluding diaryl/α,β-unsaturated/α-hetero) is 1. The molecule has 0 radical (unpaired) electrons. The van der Waals surface area contributed by atoms with Gasteiger partial charge in [0.05, 0.1) is 0 Å². The van der Waals surface area contributed by atoms with Crippen molar-refractivity contribution in [2.45, 2.75) is 109 Å². The Morgan fingerprint density at radius 3 is 1.58 bits per heavy atom. The maximum absolute atomic E-state index is 12.0. The summed E-state index contributed by atoms with van der Waals surface area (Å²) in [6.07, 6.45) is 15.1. The highest BCUT2D eigenvalue weighted by Gasteiger charge is 2.36. The molecule has 0 heterocycles. The van der Waals surface area contributed by atoms with Gasteiger partial charge >= 0.3 is 6.18 Å². The van der Waals surface area contributed by atoms with E-state index in [2.05, 4.69) is 19.1 Å². The predicted molar refractivity (Wildman–Crippen MR) is 95.1 cm³/mol. The highest BCUT2D eigenvalue weighted by atomic mass is 19.4. The normalized spacial score (nSPS) is 12.2. The third-order valence-electron chi connectivity index (χ3n) is 4.23. The molecule has 0 aromatic rings. The first-order valence-corrected chi connectivity index (χ1v) is 9.73. The van der Waals surface area contributed by atoms with Gasteiger partial charge in [0, 0.05) is 6.42 Å². The number of unbranched alkanes of at least 4 members (excludes halogenated alkanes) is 12. The van der Waals surface area contributed by atoms with Crippen molar-refractivity contribution in [3.05, 3.63) is 12.2 Å². The van der Waals surface area contributed by atoms with Crippen LogP contribution in [0.2, 0.25) is 0 Å². The van der Waals surface area contributed by atoms with E-state index in [0.717, 1.165) is 38.5 Å². The van der Waals surface area contributed by atoms with Crippen molar-refractivity contribution in [1.29, 1.82) is 0 Å². The largest absolute Gasteiger partial charge is 0.449 e. The minimum Gasteiger partial charge on any atom is -0.290 e. The standard InChI is InChI=1S/C20H35F3O/c1-2-3-4-5-6-7-8-9-10-11-12-13-14-15-16-17-18-19(24)20(21,22)23/h9-10H,2-8,11-18H2,1H3/b10-9+. The van der Waals surface area contributed by atoms with Crippen molar-refractivity contribution in [2.75, 3.05) is 0 Å². The molecule has 0 aromatic carbocycles. The highest BCUT2D eigenvalue weighted by molar-refractivity contribution is 5.83. The van der Waals surface area contributed by atoms with Crippen LogP contribution in [0.15, 0.2) is 12.2 Å². The zero-order valence-electron chi connectivity index (χ0n) is 15.3. The zero-order valence-corrected chi connectivity index (χ0v) is 15.3. The molecule has 0 aliphatic carbocycles. The number of hydrogen-bond donors (Lipinski definition) is 0. The van der Waals surface area contributed by atoms with Crippen molar-refractivity contribution in [1.82, 2.24) is 0 Å². The number of ketones is 1. The molecule has 142 valence electrons. The van der Waals surface area contributed by atoms with Gasteiger partial charge in [-0.3, -0.25) is 4.79 Å². The number of halogens is 3. The molecule has 0 unspecified atom stereocenters. The Hall–Kier alpha value is -0.800. The molecule has 0 rings (SSSR count). The monoisotopic (exact) mass is 348 g/mol. The van der Waals surface area contributed by atoms with Gasteiger partial charge < -0.3 is 0 Å². The molecule has 0 aliphatic rings. The lowest BCUT2D eigenvalue weighted by Gasteiger charge is -2.04. The van der Waals surface area contributed by atoms with Crippen LogP contribution in [0.3, 0.4) is 0 Å². The van der Waals surface area contributed by atoms with Crippen LogP contribution < -0.4 is 0 Å². The zero-order chi connectivity index (χ0) is 18.1. The molecule has 0 spiro atoms. The summed E-state index contributed by atoms with van der Waals surface area (Å²) in [5.74, 6) is -1.59. The maximum atomic E-state index is 12.0. The average molecular weight is 348 g/mol. The van der Waals surface area contributed by atoms with Crippen molar-refractivity contribution in [3.63, 3.8) is 0 Å². The third-order valence-corrected chi connectivity index (χ3v) is 4.23. The van der Waals surface area contributed by atoms with Crippen LogP contribution in [0, 0.1) is 0 Å². The molecule has 0 amide bonds. The van der Waals surface area contributed by atoms with Gasteiger partial charge in [-0.15, -0.1) is 0 Å². The molecule has 0 aromatic heterocycles. The fraction of sp³-hybridized carbons (Fsp3) is 0.850. The number of alkyl halides is 3. The van der Waals surface area contributed by atoms with Crippen LogP contribution in [0.4, 0.5) is 13.2 Å². The summed E-state index contributed by atoms with van der Waals surface area (Å²) in [4.78, 5) is 10.7. The Labute approximate surface area is 146 Å². The summed E-state index contributed by atoms with van der Waals surface area (Å²) in [7, 11) is 0. The lowest BCUT2D eigenvalue weighted by Crippen LogP contribution is -2.22. The first-order chi connectivity index (χ1) is 11.5. The van der Waals surface area contributed by atoms with Gasteiger partial charge in [-0.05, 0) is 32.1 Å². The Morgan fingerprint density at radius 1 is 0.708 bits per heavy atom. The van der Waals surface area contributed by atoms with E-state index >= 15 is 0 Å². The van der Waals surface area contributed by atoms with E-state index in [1.807, 2.05) is 0 Å². The fourth-order valence-corrected chi connectivity index (χ4v) is 2.67. The minimum atomic E-state index is -4.65. The second-order valence-corrected chi connectivity index (χ2v) is 6.61. The summed E-state index contributed by atoms with van der Waals surface area (Å²) in [6.45, 7) is 2.23. The number of carbonyl (C=O) groups is 1. The van der Waals surface area contributed by atoms with Gasteiger partial charge in [-0.2, -0.15) is 13.2 Å². The highest BCUT2D eigenvalue weighted by Crippen LogP contribution is 2.20. The molecule has 0 bridgehead atoms. The van der Waals surface area contributed by atoms with Gasteiger partial charge in [0.15, 0.2) is 0 Å². The smallest absolute Gasteiger partial charge is 0.290 e. The van der Waals surface area contributed by atoms with Crippen molar-refractivity contribution in [2.24, 2.45) is 0 Å². The molecule has 24 heavy (non-hydrogen) atoms. The Bertz CT molecular complexity index is 321. The first kappa shape index (κ1) is 23.2. The van der Waals surface area contributed by atoms with E-state index in [4.69, 9.17) is 0 Å². The van der Waals surface area contributed by atoms with Crippen LogP contribution in [-0.4, -0.2) is 12.0 Å². The summed E-state index contributed by atoms with van der Waals surface area (Å²) < 4.78 is 36.0. The van der Waals surface area contributed by atoms with Crippen molar-refractivity contribution < 1.29 is 18.0 Å². The summed E-state index contributed by atoms with van der Waals surface area (Å²) in [5, 5.41) is 0. The van der Waals surface area contributed by atoms with Gasteiger partial charge in [-0.1, -0.05) is 76.9 Å². The predicted octanol–water partition coefficient (Wildman–Crippen LogP) is 7.55. The van der Waals surface area contributed by atoms with Crippen LogP contribution in [0.1, 0.15) is 103 Å². The van der Waals surface area contributed by atoms with Gasteiger partial charge in [0.1, 0.15) is 0 Å². The summed E-state index contributed by atoms with van der Waals surface area (Å²) >= 11 is 0. The van der Waals surface area contributed by atoms with Crippen LogP contribution in [-0.2, 0) is 4.79 Å².